The Morgan fingerprint density at radius 2 is 1.81 bits per heavy atom. The largest absolute Gasteiger partial charge is 0.481 e. The number of hydrogen-bond acceptors (Lipinski definition) is 4. The summed E-state index contributed by atoms with van der Waals surface area (Å²) >= 11 is 0. The highest BCUT2D eigenvalue weighted by Crippen LogP contribution is 2.44. The van der Waals surface area contributed by atoms with Gasteiger partial charge < -0.3 is 14.7 Å². The van der Waals surface area contributed by atoms with Crippen molar-refractivity contribution in [1.29, 1.82) is 0 Å². The third kappa shape index (κ3) is 3.80. The van der Waals surface area contributed by atoms with E-state index in [9.17, 15) is 22.8 Å². The molecule has 31 heavy (non-hydrogen) atoms. The zero-order valence-electron chi connectivity index (χ0n) is 16.9. The Hall–Kier alpha value is -3.23. The maximum Gasteiger partial charge on any atom is 0.416 e. The normalized spacial score (nSPS) is 19.2. The Morgan fingerprint density at radius 3 is 2.42 bits per heavy atom. The van der Waals surface area contributed by atoms with Crippen LogP contribution in [0.4, 0.5) is 30.2 Å². The van der Waals surface area contributed by atoms with Crippen LogP contribution in [0.5, 0.6) is 5.75 Å². The van der Waals surface area contributed by atoms with E-state index in [1.54, 1.807) is 38.1 Å². The second-order valence-electron chi connectivity index (χ2n) is 8.10. The molecule has 2 aliphatic rings. The van der Waals surface area contributed by atoms with Crippen LogP contribution in [-0.2, 0) is 15.8 Å². The molecule has 4 rings (SSSR count). The highest BCUT2D eigenvalue weighted by molar-refractivity contribution is 6.06. The summed E-state index contributed by atoms with van der Waals surface area (Å²) in [5.74, 6) is -1.93. The number of ether oxygens (including phenoxy) is 1. The Balaban J connectivity index is 1.73. The topological polar surface area (TPSA) is 70.1 Å². The maximum absolute atomic E-state index is 13.2. The first-order valence-electron chi connectivity index (χ1n) is 9.86. The van der Waals surface area contributed by atoms with Crippen LogP contribution in [0.15, 0.2) is 42.5 Å². The molecule has 0 aromatic heterocycles. The number of hydrogen-bond donors (Lipinski definition) is 1. The molecule has 0 radical (unpaired) electrons. The zero-order chi connectivity index (χ0) is 22.5. The monoisotopic (exact) mass is 434 g/mol. The molecule has 9 heteroatoms. The molecule has 0 bridgehead atoms. The Kier molecular flexibility index (Phi) is 5.07. The van der Waals surface area contributed by atoms with Gasteiger partial charge in [0.05, 0.1) is 22.9 Å². The highest BCUT2D eigenvalue weighted by atomic mass is 19.4. The number of halogens is 3. The molecule has 2 aromatic rings. The summed E-state index contributed by atoms with van der Waals surface area (Å²) in [6.07, 6.45) is -5.46. The highest BCUT2D eigenvalue weighted by Gasteiger charge is 2.40. The summed E-state index contributed by atoms with van der Waals surface area (Å²) in [5.41, 5.74) is 0.608. The number of amides is 1. The quantitative estimate of drug-likeness (QED) is 0.777. The van der Waals surface area contributed by atoms with Gasteiger partial charge in [0.1, 0.15) is 5.75 Å². The molecular weight excluding hydrogens is 413 g/mol. The Bertz CT molecular complexity index is 1030. The van der Waals surface area contributed by atoms with Crippen LogP contribution in [0.25, 0.3) is 0 Å². The van der Waals surface area contributed by atoms with Gasteiger partial charge >= 0.3 is 12.1 Å². The summed E-state index contributed by atoms with van der Waals surface area (Å²) in [5, 5.41) is 9.09. The van der Waals surface area contributed by atoms with Crippen molar-refractivity contribution in [2.24, 2.45) is 11.8 Å². The van der Waals surface area contributed by atoms with Crippen molar-refractivity contribution in [1.82, 2.24) is 0 Å². The van der Waals surface area contributed by atoms with Crippen LogP contribution in [0.3, 0.4) is 0 Å². The second-order valence-corrected chi connectivity index (χ2v) is 8.10. The van der Waals surface area contributed by atoms with Gasteiger partial charge in [-0.2, -0.15) is 13.2 Å². The van der Waals surface area contributed by atoms with Gasteiger partial charge in [-0.05, 0) is 42.3 Å². The number of carbonyl (C=O) groups is 2. The minimum Gasteiger partial charge on any atom is -0.481 e. The number of carbonyl (C=O) groups excluding carboxylic acids is 1. The number of rotatable bonds is 4. The van der Waals surface area contributed by atoms with Crippen LogP contribution in [-0.4, -0.2) is 36.2 Å². The molecule has 1 N–H and O–H groups in total. The van der Waals surface area contributed by atoms with Crippen molar-refractivity contribution in [2.45, 2.75) is 26.1 Å². The zero-order valence-corrected chi connectivity index (χ0v) is 16.9. The average Bonchev–Trinajstić information content (AvgIpc) is 2.65. The first-order valence-corrected chi connectivity index (χ1v) is 9.86. The van der Waals surface area contributed by atoms with Gasteiger partial charge in [-0.25, -0.2) is 0 Å². The summed E-state index contributed by atoms with van der Waals surface area (Å²) in [4.78, 5) is 27.5. The third-order valence-corrected chi connectivity index (χ3v) is 5.54. The fraction of sp³-hybridized carbons (Fsp3) is 0.364. The smallest absolute Gasteiger partial charge is 0.416 e. The van der Waals surface area contributed by atoms with E-state index in [0.29, 0.717) is 18.8 Å². The number of anilines is 3. The van der Waals surface area contributed by atoms with Crippen LogP contribution >= 0.6 is 0 Å². The first kappa shape index (κ1) is 21.0. The first-order chi connectivity index (χ1) is 14.6. The molecule has 1 fully saturated rings. The van der Waals surface area contributed by atoms with Crippen LogP contribution in [0, 0.1) is 11.8 Å². The summed E-state index contributed by atoms with van der Waals surface area (Å²) in [6.45, 7) is 4.25. The van der Waals surface area contributed by atoms with Crippen molar-refractivity contribution in [3.63, 3.8) is 0 Å². The van der Waals surface area contributed by atoms with Gasteiger partial charge in [-0.1, -0.05) is 19.9 Å². The minimum absolute atomic E-state index is 0.00609. The van der Waals surface area contributed by atoms with E-state index in [0.717, 1.165) is 17.8 Å². The van der Waals surface area contributed by atoms with Crippen LogP contribution < -0.4 is 14.5 Å². The van der Waals surface area contributed by atoms with Gasteiger partial charge in [-0.15, -0.1) is 0 Å². The molecule has 1 saturated heterocycles. The van der Waals surface area contributed by atoms with E-state index < -0.39 is 29.7 Å². The number of benzene rings is 2. The fourth-order valence-electron chi connectivity index (χ4n) is 3.76. The Labute approximate surface area is 176 Å². The van der Waals surface area contributed by atoms with Crippen molar-refractivity contribution in [3.8, 4) is 5.75 Å². The molecule has 2 heterocycles. The molecule has 0 saturated carbocycles. The van der Waals surface area contributed by atoms with Gasteiger partial charge in [0.25, 0.3) is 5.91 Å². The number of carboxylic acid groups (broad SMARTS) is 1. The summed E-state index contributed by atoms with van der Waals surface area (Å²) in [6, 6.07) is 10.1. The minimum atomic E-state index is -4.53. The molecule has 164 valence electrons. The molecule has 0 spiro atoms. The van der Waals surface area contributed by atoms with Gasteiger partial charge in [-0.3, -0.25) is 14.5 Å². The van der Waals surface area contributed by atoms with Crippen molar-refractivity contribution >= 4 is 28.9 Å². The van der Waals surface area contributed by atoms with E-state index in [1.807, 2.05) is 4.90 Å². The average molecular weight is 434 g/mol. The summed E-state index contributed by atoms with van der Waals surface area (Å²) < 4.78 is 45.3. The van der Waals surface area contributed by atoms with E-state index in [-0.39, 0.29) is 23.3 Å². The lowest BCUT2D eigenvalue weighted by atomic mass is 9.99. The molecule has 6 nitrogen and oxygen atoms in total. The number of carboxylic acids is 1. The molecule has 0 aliphatic carbocycles. The predicted molar refractivity (Wildman–Crippen MR) is 108 cm³/mol. The fourth-order valence-corrected chi connectivity index (χ4v) is 3.76. The van der Waals surface area contributed by atoms with Crippen LogP contribution in [0.2, 0.25) is 0 Å². The number of aliphatic carboxylic acids is 1. The Morgan fingerprint density at radius 1 is 1.13 bits per heavy atom. The van der Waals surface area contributed by atoms with Gasteiger partial charge in [0, 0.05) is 18.8 Å². The van der Waals surface area contributed by atoms with Crippen molar-refractivity contribution in [3.05, 3.63) is 48.0 Å². The molecule has 1 atom stereocenters. The van der Waals surface area contributed by atoms with Crippen molar-refractivity contribution < 1.29 is 32.6 Å². The lowest BCUT2D eigenvalue weighted by Gasteiger charge is -2.40. The van der Waals surface area contributed by atoms with Gasteiger partial charge in [0.15, 0.2) is 6.10 Å². The number of nitrogens with zero attached hydrogens (tertiary/aromatic N) is 2. The predicted octanol–water partition coefficient (Wildman–Crippen LogP) is 4.31. The standard InChI is InChI=1S/C22H21F3N2O4/c1-12(2)19-20(28)27(17-7-6-14(22(23,24)25)8-18(17)31-19)16-5-3-4-15(9-16)26-10-13(11-26)21(29)30/h3-9,12-13,19H,10-11H2,1-2H3,(H,29,30). The lowest BCUT2D eigenvalue weighted by Crippen LogP contribution is -2.50. The molecule has 1 unspecified atom stereocenters. The third-order valence-electron chi connectivity index (χ3n) is 5.54. The van der Waals surface area contributed by atoms with Crippen molar-refractivity contribution in [2.75, 3.05) is 22.9 Å². The molecule has 1 amide bonds. The van der Waals surface area contributed by atoms with Crippen LogP contribution in [0.1, 0.15) is 19.4 Å². The van der Waals surface area contributed by atoms with E-state index in [4.69, 9.17) is 9.84 Å². The lowest BCUT2D eigenvalue weighted by molar-refractivity contribution is -0.142. The van der Waals surface area contributed by atoms with E-state index >= 15 is 0 Å². The molecular formula is C22H21F3N2O4. The number of alkyl halides is 3. The maximum atomic E-state index is 13.2. The number of fused-ring (bicyclic) bond motifs is 1. The SMILES string of the molecule is CC(C)C1Oc2cc(C(F)(F)F)ccc2N(c2cccc(N3CC(C(=O)O)C3)c2)C1=O. The van der Waals surface area contributed by atoms with Gasteiger partial charge in [0.2, 0.25) is 0 Å². The summed E-state index contributed by atoms with van der Waals surface area (Å²) in [7, 11) is 0. The molecule has 2 aromatic carbocycles. The second kappa shape index (κ2) is 7.47. The van der Waals surface area contributed by atoms with E-state index in [2.05, 4.69) is 0 Å². The molecule has 2 aliphatic heterocycles. The van der Waals surface area contributed by atoms with E-state index in [1.165, 1.54) is 11.0 Å².